The molecular weight excluding hydrogens is 568 g/mol. The first kappa shape index (κ1) is 32.6. The second-order valence-corrected chi connectivity index (χ2v) is 14.5. The van der Waals surface area contributed by atoms with Gasteiger partial charge in [-0.2, -0.15) is 0 Å². The first-order valence-corrected chi connectivity index (χ1v) is 16.5. The van der Waals surface area contributed by atoms with Gasteiger partial charge >= 0.3 is 0 Å². The molecule has 0 unspecified atom stereocenters. The van der Waals surface area contributed by atoms with E-state index in [-0.39, 0.29) is 23.8 Å². The zero-order valence-corrected chi connectivity index (χ0v) is 27.7. The number of H-pyrrole nitrogens is 2. The van der Waals surface area contributed by atoms with E-state index in [1.807, 2.05) is 41.5 Å². The van der Waals surface area contributed by atoms with Crippen LogP contribution in [-0.2, 0) is 0 Å². The van der Waals surface area contributed by atoms with Crippen molar-refractivity contribution in [3.05, 3.63) is 35.9 Å². The molecule has 45 heavy (non-hydrogen) atoms. The molecule has 4 heterocycles. The predicted octanol–water partition coefficient (Wildman–Crippen LogP) is 8.19. The molecule has 0 amide bonds. The Balaban J connectivity index is 0.000000178. The van der Waals surface area contributed by atoms with Crippen molar-refractivity contribution in [1.82, 2.24) is 29.9 Å². The van der Waals surface area contributed by atoms with Crippen LogP contribution in [0.3, 0.4) is 0 Å². The Kier molecular flexibility index (Phi) is 9.89. The SMILES string of the molecule is CC(C)(C)C(=O)c1c[nH]c2ncc(OC3CCCCC3)nc12.CC(C)(C)C(=O)c1c[nH]c2ncc(OC3CCCCCC3)nc12. The predicted molar refractivity (Wildman–Crippen MR) is 175 cm³/mol. The molecule has 0 spiro atoms. The van der Waals surface area contributed by atoms with Crippen molar-refractivity contribution in [2.24, 2.45) is 10.8 Å². The van der Waals surface area contributed by atoms with Crippen LogP contribution in [0, 0.1) is 10.8 Å². The number of hydrogen-bond donors (Lipinski definition) is 2. The van der Waals surface area contributed by atoms with Crippen molar-refractivity contribution in [3.8, 4) is 11.8 Å². The normalized spacial score (nSPS) is 17.0. The Morgan fingerprint density at radius 2 is 0.978 bits per heavy atom. The molecule has 242 valence electrons. The van der Waals surface area contributed by atoms with Crippen LogP contribution in [0.2, 0.25) is 0 Å². The second kappa shape index (κ2) is 13.7. The monoisotopic (exact) mass is 616 g/mol. The average molecular weight is 617 g/mol. The largest absolute Gasteiger partial charge is 0.473 e. The fourth-order valence-electron chi connectivity index (χ4n) is 5.90. The zero-order chi connectivity index (χ0) is 32.2. The summed E-state index contributed by atoms with van der Waals surface area (Å²) in [5.74, 6) is 1.15. The van der Waals surface area contributed by atoms with Gasteiger partial charge in [-0.15, -0.1) is 0 Å². The van der Waals surface area contributed by atoms with E-state index in [1.54, 1.807) is 24.8 Å². The molecule has 2 N–H and O–H groups in total. The summed E-state index contributed by atoms with van der Waals surface area (Å²) in [4.78, 5) is 48.9. The van der Waals surface area contributed by atoms with Gasteiger partial charge in [0.1, 0.15) is 23.2 Å². The van der Waals surface area contributed by atoms with Gasteiger partial charge in [0.05, 0.1) is 23.5 Å². The zero-order valence-electron chi connectivity index (χ0n) is 27.7. The summed E-state index contributed by atoms with van der Waals surface area (Å²) in [6, 6.07) is 0. The van der Waals surface area contributed by atoms with E-state index in [1.165, 1.54) is 44.9 Å². The molecule has 0 aliphatic heterocycles. The van der Waals surface area contributed by atoms with Gasteiger partial charge in [0.25, 0.3) is 0 Å². The number of ketones is 2. The summed E-state index contributed by atoms with van der Waals surface area (Å²) in [5, 5.41) is 0. The molecule has 0 bridgehead atoms. The van der Waals surface area contributed by atoms with Gasteiger partial charge in [0.2, 0.25) is 11.8 Å². The Morgan fingerprint density at radius 1 is 0.622 bits per heavy atom. The van der Waals surface area contributed by atoms with E-state index in [2.05, 4.69) is 29.9 Å². The van der Waals surface area contributed by atoms with Crippen LogP contribution in [0.25, 0.3) is 22.3 Å². The number of aromatic nitrogens is 6. The lowest BCUT2D eigenvalue weighted by atomic mass is 9.87. The number of fused-ring (bicyclic) bond motifs is 2. The van der Waals surface area contributed by atoms with Crippen LogP contribution in [0.15, 0.2) is 24.8 Å². The fourth-order valence-corrected chi connectivity index (χ4v) is 5.90. The topological polar surface area (TPSA) is 136 Å². The highest BCUT2D eigenvalue weighted by atomic mass is 16.5. The number of carbonyl (C=O) groups excluding carboxylic acids is 2. The maximum atomic E-state index is 12.6. The number of nitrogens with zero attached hydrogens (tertiary/aromatic N) is 4. The van der Waals surface area contributed by atoms with Gasteiger partial charge in [-0.1, -0.05) is 60.8 Å². The molecule has 0 aromatic carbocycles. The van der Waals surface area contributed by atoms with Crippen LogP contribution in [0.5, 0.6) is 11.8 Å². The maximum absolute atomic E-state index is 12.6. The van der Waals surface area contributed by atoms with Gasteiger partial charge in [-0.25, -0.2) is 19.9 Å². The molecule has 2 saturated carbocycles. The Hall–Kier alpha value is -3.82. The van der Waals surface area contributed by atoms with Crippen LogP contribution in [-0.4, -0.2) is 53.7 Å². The Labute approximate surface area is 265 Å². The lowest BCUT2D eigenvalue weighted by molar-refractivity contribution is 0.0854. The van der Waals surface area contributed by atoms with E-state index in [0.717, 1.165) is 25.7 Å². The minimum absolute atomic E-state index is 0.0582. The van der Waals surface area contributed by atoms with Crippen molar-refractivity contribution in [2.45, 2.75) is 124 Å². The summed E-state index contributed by atoms with van der Waals surface area (Å²) < 4.78 is 12.0. The highest BCUT2D eigenvalue weighted by Gasteiger charge is 2.28. The van der Waals surface area contributed by atoms with Gasteiger partial charge in [-0.3, -0.25) is 9.59 Å². The summed E-state index contributed by atoms with van der Waals surface area (Å²) in [7, 11) is 0. The molecule has 6 rings (SSSR count). The number of hydrogen-bond acceptors (Lipinski definition) is 8. The number of rotatable bonds is 6. The minimum Gasteiger partial charge on any atom is -0.473 e. The lowest BCUT2D eigenvalue weighted by Crippen LogP contribution is -2.21. The highest BCUT2D eigenvalue weighted by Crippen LogP contribution is 2.29. The van der Waals surface area contributed by atoms with Gasteiger partial charge in [0.15, 0.2) is 22.9 Å². The summed E-state index contributed by atoms with van der Waals surface area (Å²) in [6.45, 7) is 11.5. The third-order valence-corrected chi connectivity index (χ3v) is 8.50. The van der Waals surface area contributed by atoms with Crippen LogP contribution >= 0.6 is 0 Å². The molecule has 0 saturated heterocycles. The third-order valence-electron chi connectivity index (χ3n) is 8.50. The number of aromatic amines is 2. The summed E-state index contributed by atoms with van der Waals surface area (Å²) in [5.41, 5.74) is 2.75. The summed E-state index contributed by atoms with van der Waals surface area (Å²) >= 11 is 0. The van der Waals surface area contributed by atoms with Gasteiger partial charge in [-0.05, 0) is 51.4 Å². The van der Waals surface area contributed by atoms with Crippen LogP contribution in [0.1, 0.15) is 133 Å². The van der Waals surface area contributed by atoms with E-state index < -0.39 is 10.8 Å². The van der Waals surface area contributed by atoms with E-state index in [9.17, 15) is 9.59 Å². The van der Waals surface area contributed by atoms with Gasteiger partial charge in [0, 0.05) is 23.2 Å². The standard InChI is InChI=1S/C18H25N3O2.C17H23N3O2/c1-18(2,3)16(22)13-10-19-17-15(13)21-14(11-20-17)23-12-8-6-4-5-7-9-12;1-17(2,3)15(21)12-9-18-16-14(12)20-13(10-19-16)22-11-7-5-4-6-8-11/h10-12H,4-9H2,1-3H3,(H,19,20);9-11H,4-8H2,1-3H3,(H,18,19). The molecule has 0 atom stereocenters. The minimum atomic E-state index is -0.449. The van der Waals surface area contributed by atoms with Crippen molar-refractivity contribution >= 4 is 33.9 Å². The maximum Gasteiger partial charge on any atom is 0.233 e. The summed E-state index contributed by atoms with van der Waals surface area (Å²) in [6.07, 6.45) is 20.1. The van der Waals surface area contributed by atoms with Crippen molar-refractivity contribution < 1.29 is 19.1 Å². The smallest absolute Gasteiger partial charge is 0.233 e. The first-order valence-electron chi connectivity index (χ1n) is 16.5. The van der Waals surface area contributed by atoms with Crippen molar-refractivity contribution in [1.29, 1.82) is 0 Å². The van der Waals surface area contributed by atoms with Crippen molar-refractivity contribution in [2.75, 3.05) is 0 Å². The number of nitrogens with one attached hydrogen (secondary N) is 2. The average Bonchev–Trinajstić information content (AvgIpc) is 3.52. The molecule has 4 aromatic heterocycles. The molecular formula is C35H48N6O4. The van der Waals surface area contributed by atoms with Crippen LogP contribution in [0.4, 0.5) is 0 Å². The quantitative estimate of drug-likeness (QED) is 0.163. The molecule has 0 radical (unpaired) electrons. The molecule has 10 nitrogen and oxygen atoms in total. The van der Waals surface area contributed by atoms with E-state index in [0.29, 0.717) is 45.2 Å². The highest BCUT2D eigenvalue weighted by molar-refractivity contribution is 6.09. The molecule has 10 heteroatoms. The Morgan fingerprint density at radius 3 is 1.33 bits per heavy atom. The molecule has 4 aromatic rings. The Bertz CT molecular complexity index is 1610. The molecule has 2 fully saturated rings. The van der Waals surface area contributed by atoms with E-state index in [4.69, 9.17) is 9.47 Å². The van der Waals surface area contributed by atoms with Gasteiger partial charge < -0.3 is 19.4 Å². The number of carbonyl (C=O) groups is 2. The lowest BCUT2D eigenvalue weighted by Gasteiger charge is -2.22. The second-order valence-electron chi connectivity index (χ2n) is 14.5. The number of ether oxygens (including phenoxy) is 2. The first-order chi connectivity index (χ1) is 21.4. The molecule has 2 aliphatic rings. The van der Waals surface area contributed by atoms with Crippen molar-refractivity contribution in [3.63, 3.8) is 0 Å². The molecule has 2 aliphatic carbocycles. The number of Topliss-reactive ketones (excluding diaryl/α,β-unsaturated/α-hetero) is 2. The third kappa shape index (κ3) is 8.07. The fraction of sp³-hybridized carbons (Fsp3) is 0.600. The van der Waals surface area contributed by atoms with E-state index >= 15 is 0 Å². The van der Waals surface area contributed by atoms with Crippen LogP contribution < -0.4 is 9.47 Å².